The van der Waals surface area contributed by atoms with Crippen molar-refractivity contribution in [1.82, 2.24) is 0 Å². The Kier molecular flexibility index (Phi) is 8.37. The molecule has 1 heteroatoms. The smallest absolute Gasteiger partial charge is 0.0364 e. The first kappa shape index (κ1) is 14.4. The fraction of sp³-hybridized carbons (Fsp3) is 1.00. The molecule has 1 saturated carbocycles. The maximum Gasteiger partial charge on any atom is 0.0364 e. The standard InChI is InChI=1S/C15H29Cl/c1-2-3-4-5-6-7-8-13-15(16)14-11-9-10-12-14/h14-15H,2-13H2,1H3. The van der Waals surface area contributed by atoms with Crippen molar-refractivity contribution < 1.29 is 0 Å². The molecule has 0 spiro atoms. The van der Waals surface area contributed by atoms with Gasteiger partial charge in [-0.05, 0) is 25.2 Å². The molecule has 0 N–H and O–H groups in total. The Labute approximate surface area is 107 Å². The summed E-state index contributed by atoms with van der Waals surface area (Å²) in [4.78, 5) is 0. The van der Waals surface area contributed by atoms with E-state index in [2.05, 4.69) is 6.92 Å². The van der Waals surface area contributed by atoms with Gasteiger partial charge in [-0.15, -0.1) is 11.6 Å². The van der Waals surface area contributed by atoms with Gasteiger partial charge >= 0.3 is 0 Å². The van der Waals surface area contributed by atoms with E-state index in [4.69, 9.17) is 11.6 Å². The molecule has 1 fully saturated rings. The summed E-state index contributed by atoms with van der Waals surface area (Å²) in [5.74, 6) is 0.849. The number of hydrogen-bond acceptors (Lipinski definition) is 0. The largest absolute Gasteiger partial charge is 0.123 e. The molecule has 0 aliphatic heterocycles. The summed E-state index contributed by atoms with van der Waals surface area (Å²) in [5, 5.41) is 0.484. The van der Waals surface area contributed by atoms with E-state index in [0.29, 0.717) is 5.38 Å². The summed E-state index contributed by atoms with van der Waals surface area (Å²) in [7, 11) is 0. The van der Waals surface area contributed by atoms with E-state index in [0.717, 1.165) is 5.92 Å². The molecule has 0 aromatic carbocycles. The molecule has 16 heavy (non-hydrogen) atoms. The molecule has 0 radical (unpaired) electrons. The van der Waals surface area contributed by atoms with E-state index in [1.165, 1.54) is 77.0 Å². The highest BCUT2D eigenvalue weighted by molar-refractivity contribution is 6.20. The molecule has 1 aliphatic carbocycles. The molecule has 0 aromatic heterocycles. The van der Waals surface area contributed by atoms with Crippen LogP contribution >= 0.6 is 11.6 Å². The number of unbranched alkanes of at least 4 members (excludes halogenated alkanes) is 6. The SMILES string of the molecule is CCCCCCCCCC(Cl)C1CCCC1. The monoisotopic (exact) mass is 244 g/mol. The molecule has 1 atom stereocenters. The van der Waals surface area contributed by atoms with Gasteiger partial charge in [-0.1, -0.05) is 64.7 Å². The first-order valence-electron chi connectivity index (χ1n) is 7.48. The first-order valence-corrected chi connectivity index (χ1v) is 7.92. The van der Waals surface area contributed by atoms with E-state index in [1.54, 1.807) is 0 Å². The van der Waals surface area contributed by atoms with Crippen LogP contribution in [-0.4, -0.2) is 5.38 Å². The molecule has 1 aliphatic rings. The third-order valence-corrected chi connectivity index (χ3v) is 4.57. The molecule has 1 unspecified atom stereocenters. The summed E-state index contributed by atoms with van der Waals surface area (Å²) < 4.78 is 0. The van der Waals surface area contributed by atoms with Crippen LogP contribution in [0, 0.1) is 5.92 Å². The summed E-state index contributed by atoms with van der Waals surface area (Å²) >= 11 is 6.45. The van der Waals surface area contributed by atoms with Crippen molar-refractivity contribution in [3.8, 4) is 0 Å². The van der Waals surface area contributed by atoms with E-state index < -0.39 is 0 Å². The third kappa shape index (κ3) is 6.13. The van der Waals surface area contributed by atoms with Crippen LogP contribution < -0.4 is 0 Å². The Bertz CT molecular complexity index is 150. The average molecular weight is 245 g/mol. The highest BCUT2D eigenvalue weighted by atomic mass is 35.5. The Hall–Kier alpha value is 0.290. The topological polar surface area (TPSA) is 0 Å². The lowest BCUT2D eigenvalue weighted by atomic mass is 9.98. The van der Waals surface area contributed by atoms with Crippen molar-refractivity contribution in [2.75, 3.05) is 0 Å². The van der Waals surface area contributed by atoms with E-state index in [-0.39, 0.29) is 0 Å². The number of rotatable bonds is 9. The highest BCUT2D eigenvalue weighted by Gasteiger charge is 2.22. The van der Waals surface area contributed by atoms with Gasteiger partial charge in [-0.2, -0.15) is 0 Å². The van der Waals surface area contributed by atoms with Gasteiger partial charge in [-0.25, -0.2) is 0 Å². The van der Waals surface area contributed by atoms with Crippen LogP contribution in [0.15, 0.2) is 0 Å². The number of alkyl halides is 1. The molecular formula is C15H29Cl. The highest BCUT2D eigenvalue weighted by Crippen LogP contribution is 2.32. The Morgan fingerprint density at radius 3 is 2.12 bits per heavy atom. The molecule has 1 rings (SSSR count). The minimum atomic E-state index is 0.484. The van der Waals surface area contributed by atoms with Crippen LogP contribution in [0.2, 0.25) is 0 Å². The van der Waals surface area contributed by atoms with Crippen LogP contribution in [0.1, 0.15) is 84.0 Å². The lowest BCUT2D eigenvalue weighted by Gasteiger charge is -2.16. The molecule has 0 amide bonds. The van der Waals surface area contributed by atoms with Gasteiger partial charge in [0, 0.05) is 5.38 Å². The molecule has 0 aromatic rings. The van der Waals surface area contributed by atoms with Crippen molar-refractivity contribution in [3.63, 3.8) is 0 Å². The quantitative estimate of drug-likeness (QED) is 0.349. The van der Waals surface area contributed by atoms with Crippen molar-refractivity contribution in [3.05, 3.63) is 0 Å². The Morgan fingerprint density at radius 1 is 0.938 bits per heavy atom. The van der Waals surface area contributed by atoms with Crippen molar-refractivity contribution in [2.24, 2.45) is 5.92 Å². The van der Waals surface area contributed by atoms with E-state index >= 15 is 0 Å². The van der Waals surface area contributed by atoms with Gasteiger partial charge in [0.05, 0.1) is 0 Å². The van der Waals surface area contributed by atoms with Gasteiger partial charge in [-0.3, -0.25) is 0 Å². The van der Waals surface area contributed by atoms with E-state index in [9.17, 15) is 0 Å². The maximum absolute atomic E-state index is 6.45. The summed E-state index contributed by atoms with van der Waals surface area (Å²) in [6, 6.07) is 0. The summed E-state index contributed by atoms with van der Waals surface area (Å²) in [6.07, 6.45) is 16.7. The van der Waals surface area contributed by atoms with Gasteiger partial charge in [0.15, 0.2) is 0 Å². The molecule has 0 bridgehead atoms. The molecular weight excluding hydrogens is 216 g/mol. The minimum absolute atomic E-state index is 0.484. The van der Waals surface area contributed by atoms with Crippen LogP contribution in [0.25, 0.3) is 0 Å². The summed E-state index contributed by atoms with van der Waals surface area (Å²) in [5.41, 5.74) is 0. The molecule has 0 saturated heterocycles. The zero-order valence-electron chi connectivity index (χ0n) is 11.0. The van der Waals surface area contributed by atoms with Crippen LogP contribution in [0.3, 0.4) is 0 Å². The van der Waals surface area contributed by atoms with Crippen molar-refractivity contribution in [1.29, 1.82) is 0 Å². The van der Waals surface area contributed by atoms with E-state index in [1.807, 2.05) is 0 Å². The third-order valence-electron chi connectivity index (χ3n) is 3.99. The Morgan fingerprint density at radius 2 is 1.50 bits per heavy atom. The van der Waals surface area contributed by atoms with Crippen LogP contribution in [0.4, 0.5) is 0 Å². The molecule has 0 heterocycles. The van der Waals surface area contributed by atoms with Gasteiger partial charge in [0.2, 0.25) is 0 Å². The first-order chi connectivity index (χ1) is 7.84. The second kappa shape index (κ2) is 9.33. The fourth-order valence-electron chi connectivity index (χ4n) is 2.85. The second-order valence-corrected chi connectivity index (χ2v) is 6.03. The van der Waals surface area contributed by atoms with Crippen molar-refractivity contribution >= 4 is 11.6 Å². The second-order valence-electron chi connectivity index (χ2n) is 5.47. The lowest BCUT2D eigenvalue weighted by molar-refractivity contribution is 0.468. The zero-order chi connectivity index (χ0) is 11.6. The zero-order valence-corrected chi connectivity index (χ0v) is 11.8. The minimum Gasteiger partial charge on any atom is -0.123 e. The van der Waals surface area contributed by atoms with Gasteiger partial charge in [0.1, 0.15) is 0 Å². The van der Waals surface area contributed by atoms with Crippen molar-refractivity contribution in [2.45, 2.75) is 89.4 Å². The molecule has 96 valence electrons. The van der Waals surface area contributed by atoms with Crippen LogP contribution in [0.5, 0.6) is 0 Å². The van der Waals surface area contributed by atoms with Gasteiger partial charge < -0.3 is 0 Å². The fourth-order valence-corrected chi connectivity index (χ4v) is 3.26. The normalized spacial score (nSPS) is 19.1. The maximum atomic E-state index is 6.45. The molecule has 0 nitrogen and oxygen atoms in total. The van der Waals surface area contributed by atoms with Gasteiger partial charge in [0.25, 0.3) is 0 Å². The average Bonchev–Trinajstić information content (AvgIpc) is 2.81. The Balaban J connectivity index is 1.86. The lowest BCUT2D eigenvalue weighted by Crippen LogP contribution is -2.10. The summed E-state index contributed by atoms with van der Waals surface area (Å²) in [6.45, 7) is 2.28. The number of halogens is 1. The predicted octanol–water partition coefficient (Wildman–Crippen LogP) is 5.92. The number of hydrogen-bond donors (Lipinski definition) is 0. The predicted molar refractivity (Wildman–Crippen MR) is 74.2 cm³/mol. The van der Waals surface area contributed by atoms with Crippen LogP contribution in [-0.2, 0) is 0 Å².